The van der Waals surface area contributed by atoms with Crippen molar-refractivity contribution in [1.82, 2.24) is 5.32 Å². The van der Waals surface area contributed by atoms with Crippen molar-refractivity contribution >= 4 is 5.97 Å². The van der Waals surface area contributed by atoms with Crippen LogP contribution in [0.2, 0.25) is 0 Å². The molecule has 2 bridgehead atoms. The van der Waals surface area contributed by atoms with Gasteiger partial charge in [-0.1, -0.05) is 0 Å². The molecule has 0 heterocycles. The summed E-state index contributed by atoms with van der Waals surface area (Å²) in [6.07, 6.45) is 3.18. The number of fused-ring (bicyclic) bond motifs is 2. The first kappa shape index (κ1) is 10.4. The molecule has 0 aromatic heterocycles. The molecule has 0 radical (unpaired) electrons. The molecule has 0 aromatic carbocycles. The van der Waals surface area contributed by atoms with E-state index >= 15 is 0 Å². The molecule has 82 valence electrons. The lowest BCUT2D eigenvalue weighted by Crippen LogP contribution is -2.47. The highest BCUT2D eigenvalue weighted by atomic mass is 16.4. The standard InChI is InChI=1S/C11H16N2O2/c1-6(5-12)13-10-8-3-2-7(4-8)9(10)11(14)15/h6-10,13H,2-4H2,1H3,(H,14,15). The lowest BCUT2D eigenvalue weighted by atomic mass is 9.84. The lowest BCUT2D eigenvalue weighted by molar-refractivity contribution is -0.144. The molecular weight excluding hydrogens is 192 g/mol. The van der Waals surface area contributed by atoms with E-state index in [0.29, 0.717) is 11.8 Å². The second-order valence-electron chi connectivity index (χ2n) is 4.74. The normalized spacial score (nSPS) is 40.0. The van der Waals surface area contributed by atoms with Gasteiger partial charge in [-0.3, -0.25) is 10.1 Å². The van der Waals surface area contributed by atoms with E-state index in [1.807, 2.05) is 0 Å². The molecule has 4 heteroatoms. The number of carboxylic acid groups (broad SMARTS) is 1. The highest BCUT2D eigenvalue weighted by Crippen LogP contribution is 2.48. The Morgan fingerprint density at radius 1 is 1.53 bits per heavy atom. The predicted molar refractivity (Wildman–Crippen MR) is 54.0 cm³/mol. The molecule has 0 spiro atoms. The Morgan fingerprint density at radius 2 is 2.20 bits per heavy atom. The fraction of sp³-hybridized carbons (Fsp3) is 0.818. The minimum atomic E-state index is -0.704. The summed E-state index contributed by atoms with van der Waals surface area (Å²) in [7, 11) is 0. The quantitative estimate of drug-likeness (QED) is 0.725. The third-order valence-electron chi connectivity index (χ3n) is 3.84. The number of hydrogen-bond acceptors (Lipinski definition) is 3. The third-order valence-corrected chi connectivity index (χ3v) is 3.84. The summed E-state index contributed by atoms with van der Waals surface area (Å²) in [5.74, 6) is -0.188. The molecule has 15 heavy (non-hydrogen) atoms. The predicted octanol–water partition coefficient (Wildman–Crippen LogP) is 0.987. The first-order chi connectivity index (χ1) is 7.13. The summed E-state index contributed by atoms with van der Waals surface area (Å²) in [6.45, 7) is 1.78. The molecule has 2 fully saturated rings. The van der Waals surface area contributed by atoms with Gasteiger partial charge in [-0.25, -0.2) is 0 Å². The smallest absolute Gasteiger partial charge is 0.308 e. The lowest BCUT2D eigenvalue weighted by Gasteiger charge is -2.29. The van der Waals surface area contributed by atoms with Crippen LogP contribution in [0.25, 0.3) is 0 Å². The summed E-state index contributed by atoms with van der Waals surface area (Å²) >= 11 is 0. The van der Waals surface area contributed by atoms with Crippen LogP contribution in [0, 0.1) is 29.1 Å². The third kappa shape index (κ3) is 1.72. The van der Waals surface area contributed by atoms with Crippen molar-refractivity contribution in [2.45, 2.75) is 38.3 Å². The fourth-order valence-electron chi connectivity index (χ4n) is 3.21. The van der Waals surface area contributed by atoms with Crippen LogP contribution in [0.1, 0.15) is 26.2 Å². The summed E-state index contributed by atoms with van der Waals surface area (Å²) in [5, 5.41) is 21.0. The highest BCUT2D eigenvalue weighted by Gasteiger charge is 2.51. The molecule has 2 N–H and O–H groups in total. The van der Waals surface area contributed by atoms with E-state index in [9.17, 15) is 4.79 Å². The number of hydrogen-bond donors (Lipinski definition) is 2. The topological polar surface area (TPSA) is 73.1 Å². The number of rotatable bonds is 3. The van der Waals surface area contributed by atoms with Crippen LogP contribution >= 0.6 is 0 Å². The van der Waals surface area contributed by atoms with Gasteiger partial charge in [-0.15, -0.1) is 0 Å². The van der Waals surface area contributed by atoms with E-state index in [4.69, 9.17) is 10.4 Å². The zero-order valence-electron chi connectivity index (χ0n) is 8.81. The second kappa shape index (κ2) is 3.82. The van der Waals surface area contributed by atoms with Crippen molar-refractivity contribution in [1.29, 1.82) is 5.26 Å². The number of aliphatic carboxylic acids is 1. The van der Waals surface area contributed by atoms with Crippen molar-refractivity contribution in [3.05, 3.63) is 0 Å². The van der Waals surface area contributed by atoms with E-state index in [0.717, 1.165) is 19.3 Å². The zero-order valence-corrected chi connectivity index (χ0v) is 8.81. The molecule has 0 saturated heterocycles. The maximum Gasteiger partial charge on any atom is 0.308 e. The van der Waals surface area contributed by atoms with Gasteiger partial charge in [0.25, 0.3) is 0 Å². The Labute approximate surface area is 89.3 Å². The number of nitrogens with one attached hydrogen (secondary N) is 1. The monoisotopic (exact) mass is 208 g/mol. The fourth-order valence-corrected chi connectivity index (χ4v) is 3.21. The number of carboxylic acids is 1. The van der Waals surface area contributed by atoms with Crippen molar-refractivity contribution in [2.24, 2.45) is 17.8 Å². The average Bonchev–Trinajstić information content (AvgIpc) is 2.77. The highest BCUT2D eigenvalue weighted by molar-refractivity contribution is 5.72. The Bertz CT molecular complexity index is 310. The molecule has 2 aliphatic carbocycles. The van der Waals surface area contributed by atoms with Crippen LogP contribution < -0.4 is 5.32 Å². The Kier molecular flexibility index (Phi) is 2.66. The first-order valence-corrected chi connectivity index (χ1v) is 5.52. The van der Waals surface area contributed by atoms with E-state index < -0.39 is 5.97 Å². The van der Waals surface area contributed by atoms with E-state index in [1.165, 1.54) is 0 Å². The molecule has 0 aromatic rings. The Morgan fingerprint density at radius 3 is 2.80 bits per heavy atom. The molecule has 2 aliphatic rings. The summed E-state index contributed by atoms with van der Waals surface area (Å²) in [6, 6.07) is 1.86. The van der Waals surface area contributed by atoms with Gasteiger partial charge in [-0.05, 0) is 38.0 Å². The summed E-state index contributed by atoms with van der Waals surface area (Å²) in [5.41, 5.74) is 0. The van der Waals surface area contributed by atoms with E-state index in [1.54, 1.807) is 6.92 Å². The summed E-state index contributed by atoms with van der Waals surface area (Å²) in [4.78, 5) is 11.1. The number of carbonyl (C=O) groups is 1. The van der Waals surface area contributed by atoms with Gasteiger partial charge in [0.2, 0.25) is 0 Å². The minimum Gasteiger partial charge on any atom is -0.481 e. The van der Waals surface area contributed by atoms with Gasteiger partial charge in [0.15, 0.2) is 0 Å². The van der Waals surface area contributed by atoms with E-state index in [2.05, 4.69) is 11.4 Å². The van der Waals surface area contributed by atoms with Crippen LogP contribution in [0.3, 0.4) is 0 Å². The van der Waals surface area contributed by atoms with Crippen molar-refractivity contribution < 1.29 is 9.90 Å². The second-order valence-corrected chi connectivity index (χ2v) is 4.74. The van der Waals surface area contributed by atoms with Crippen LogP contribution in [-0.4, -0.2) is 23.2 Å². The van der Waals surface area contributed by atoms with Crippen molar-refractivity contribution in [2.75, 3.05) is 0 Å². The van der Waals surface area contributed by atoms with Gasteiger partial charge < -0.3 is 5.11 Å². The summed E-state index contributed by atoms with van der Waals surface area (Å²) < 4.78 is 0. The maximum absolute atomic E-state index is 11.1. The van der Waals surface area contributed by atoms with Gasteiger partial charge in [-0.2, -0.15) is 5.26 Å². The number of nitriles is 1. The molecular formula is C11H16N2O2. The molecule has 0 amide bonds. The van der Waals surface area contributed by atoms with Gasteiger partial charge in [0.05, 0.1) is 18.0 Å². The minimum absolute atomic E-state index is 0.0101. The van der Waals surface area contributed by atoms with E-state index in [-0.39, 0.29) is 18.0 Å². The van der Waals surface area contributed by atoms with Crippen LogP contribution in [0.15, 0.2) is 0 Å². The SMILES string of the molecule is CC(C#N)NC1C2CCC(C2)C1C(=O)O. The molecule has 2 saturated carbocycles. The van der Waals surface area contributed by atoms with Crippen molar-refractivity contribution in [3.63, 3.8) is 0 Å². The van der Waals surface area contributed by atoms with Crippen LogP contribution in [0.5, 0.6) is 0 Å². The molecule has 0 aliphatic heterocycles. The number of nitrogens with zero attached hydrogens (tertiary/aromatic N) is 1. The largest absolute Gasteiger partial charge is 0.481 e. The first-order valence-electron chi connectivity index (χ1n) is 5.52. The molecule has 2 rings (SSSR count). The molecule has 4 nitrogen and oxygen atoms in total. The maximum atomic E-state index is 11.1. The van der Waals surface area contributed by atoms with Crippen LogP contribution in [0.4, 0.5) is 0 Å². The molecule has 5 atom stereocenters. The van der Waals surface area contributed by atoms with Crippen molar-refractivity contribution in [3.8, 4) is 6.07 Å². The Hall–Kier alpha value is -1.08. The zero-order chi connectivity index (χ0) is 11.0. The molecule has 5 unspecified atom stereocenters. The van der Waals surface area contributed by atoms with Gasteiger partial charge >= 0.3 is 5.97 Å². The average molecular weight is 208 g/mol. The van der Waals surface area contributed by atoms with Crippen LogP contribution in [-0.2, 0) is 4.79 Å². The Balaban J connectivity index is 2.09. The van der Waals surface area contributed by atoms with Gasteiger partial charge in [0, 0.05) is 6.04 Å². The van der Waals surface area contributed by atoms with Gasteiger partial charge in [0.1, 0.15) is 0 Å².